The summed E-state index contributed by atoms with van der Waals surface area (Å²) >= 11 is 1.54. The normalized spacial score (nSPS) is 13.4. The predicted octanol–water partition coefficient (Wildman–Crippen LogP) is 3.91. The van der Waals surface area contributed by atoms with Crippen LogP contribution >= 0.6 is 11.8 Å². The summed E-state index contributed by atoms with van der Waals surface area (Å²) in [5, 5.41) is 3.10. The molecule has 0 aromatic heterocycles. The van der Waals surface area contributed by atoms with Crippen LogP contribution in [0.2, 0.25) is 0 Å². The molecule has 1 aliphatic rings. The minimum Gasteiger partial charge on any atom is -0.486 e. The van der Waals surface area contributed by atoms with Crippen LogP contribution in [0.3, 0.4) is 0 Å². The first-order valence-electron chi connectivity index (χ1n) is 8.35. The Balaban J connectivity index is 1.62. The number of aryl methyl sites for hydroxylation is 1. The molecule has 1 heterocycles. The highest BCUT2D eigenvalue weighted by Gasteiger charge is 2.25. The van der Waals surface area contributed by atoms with Crippen LogP contribution in [0.25, 0.3) is 0 Å². The summed E-state index contributed by atoms with van der Waals surface area (Å²) in [6.07, 6.45) is 0. The van der Waals surface area contributed by atoms with Crippen molar-refractivity contribution in [1.82, 2.24) is 5.32 Å². The molecule has 2 aromatic carbocycles. The second-order valence-electron chi connectivity index (χ2n) is 6.63. The molecule has 1 N–H and O–H groups in total. The van der Waals surface area contributed by atoms with Gasteiger partial charge in [0.25, 0.3) is 0 Å². The van der Waals surface area contributed by atoms with Crippen molar-refractivity contribution < 1.29 is 14.3 Å². The third-order valence-corrected chi connectivity index (χ3v) is 5.12. The SMILES string of the molecule is Cc1ccc(SCC(=O)NC(C)(C)c2ccc3c(c2)OCCO3)cc1. The van der Waals surface area contributed by atoms with Crippen LogP contribution in [0.4, 0.5) is 0 Å². The van der Waals surface area contributed by atoms with Crippen molar-refractivity contribution in [3.8, 4) is 11.5 Å². The summed E-state index contributed by atoms with van der Waals surface area (Å²) in [6, 6.07) is 14.0. The van der Waals surface area contributed by atoms with Gasteiger partial charge in [-0.15, -0.1) is 11.8 Å². The smallest absolute Gasteiger partial charge is 0.231 e. The first kappa shape index (κ1) is 17.7. The highest BCUT2D eigenvalue weighted by atomic mass is 32.2. The fourth-order valence-electron chi connectivity index (χ4n) is 2.67. The number of ether oxygens (including phenoxy) is 2. The van der Waals surface area contributed by atoms with E-state index in [9.17, 15) is 4.79 Å². The van der Waals surface area contributed by atoms with Gasteiger partial charge in [0, 0.05) is 4.90 Å². The maximum atomic E-state index is 12.4. The number of carbonyl (C=O) groups is 1. The summed E-state index contributed by atoms with van der Waals surface area (Å²) in [5.41, 5.74) is 1.72. The van der Waals surface area contributed by atoms with Gasteiger partial charge in [0.15, 0.2) is 11.5 Å². The molecule has 0 fully saturated rings. The molecular formula is C20H23NO3S. The largest absolute Gasteiger partial charge is 0.486 e. The highest BCUT2D eigenvalue weighted by molar-refractivity contribution is 8.00. The van der Waals surface area contributed by atoms with Crippen LogP contribution in [0.1, 0.15) is 25.0 Å². The van der Waals surface area contributed by atoms with Crippen molar-refractivity contribution in [3.05, 3.63) is 53.6 Å². The number of fused-ring (bicyclic) bond motifs is 1. The van der Waals surface area contributed by atoms with E-state index in [1.54, 1.807) is 0 Å². The zero-order chi connectivity index (χ0) is 17.9. The number of benzene rings is 2. The minimum absolute atomic E-state index is 0.00506. The first-order chi connectivity index (χ1) is 11.9. The third-order valence-electron chi connectivity index (χ3n) is 4.11. The molecule has 0 saturated heterocycles. The van der Waals surface area contributed by atoms with Gasteiger partial charge in [-0.3, -0.25) is 4.79 Å². The molecule has 0 unspecified atom stereocenters. The molecule has 132 valence electrons. The topological polar surface area (TPSA) is 47.6 Å². The second-order valence-corrected chi connectivity index (χ2v) is 7.68. The Labute approximate surface area is 152 Å². The van der Waals surface area contributed by atoms with E-state index in [4.69, 9.17) is 9.47 Å². The third kappa shape index (κ3) is 4.48. The number of carbonyl (C=O) groups excluding carboxylic acids is 1. The average Bonchev–Trinajstić information content (AvgIpc) is 2.60. The van der Waals surface area contributed by atoms with E-state index >= 15 is 0 Å². The average molecular weight is 357 g/mol. The van der Waals surface area contributed by atoms with Crippen molar-refractivity contribution >= 4 is 17.7 Å². The molecule has 4 nitrogen and oxygen atoms in total. The van der Waals surface area contributed by atoms with E-state index in [-0.39, 0.29) is 5.91 Å². The number of hydrogen-bond acceptors (Lipinski definition) is 4. The van der Waals surface area contributed by atoms with Gasteiger partial charge in [0.1, 0.15) is 13.2 Å². The quantitative estimate of drug-likeness (QED) is 0.824. The molecular weight excluding hydrogens is 334 g/mol. The predicted molar refractivity (Wildman–Crippen MR) is 101 cm³/mol. The first-order valence-corrected chi connectivity index (χ1v) is 9.33. The lowest BCUT2D eigenvalue weighted by Crippen LogP contribution is -2.42. The lowest BCUT2D eigenvalue weighted by atomic mass is 9.93. The van der Waals surface area contributed by atoms with Crippen molar-refractivity contribution in [3.63, 3.8) is 0 Å². The Morgan fingerprint density at radius 1 is 1.08 bits per heavy atom. The summed E-state index contributed by atoms with van der Waals surface area (Å²) in [7, 11) is 0. The van der Waals surface area contributed by atoms with Gasteiger partial charge < -0.3 is 14.8 Å². The Kier molecular flexibility index (Phi) is 5.23. The molecule has 0 radical (unpaired) electrons. The van der Waals surface area contributed by atoms with E-state index in [0.717, 1.165) is 22.0 Å². The van der Waals surface area contributed by atoms with Gasteiger partial charge in [-0.2, -0.15) is 0 Å². The second kappa shape index (κ2) is 7.40. The zero-order valence-corrected chi connectivity index (χ0v) is 15.6. The Morgan fingerprint density at radius 3 is 2.48 bits per heavy atom. The van der Waals surface area contributed by atoms with E-state index < -0.39 is 5.54 Å². The number of hydrogen-bond donors (Lipinski definition) is 1. The van der Waals surface area contributed by atoms with Gasteiger partial charge in [0.2, 0.25) is 5.91 Å². The molecule has 1 amide bonds. The molecule has 25 heavy (non-hydrogen) atoms. The summed E-state index contributed by atoms with van der Waals surface area (Å²) in [6.45, 7) is 7.16. The fourth-order valence-corrected chi connectivity index (χ4v) is 3.37. The maximum absolute atomic E-state index is 12.4. The molecule has 2 aromatic rings. The molecule has 0 aliphatic carbocycles. The monoisotopic (exact) mass is 357 g/mol. The molecule has 5 heteroatoms. The van der Waals surface area contributed by atoms with Crippen LogP contribution in [0, 0.1) is 6.92 Å². The van der Waals surface area contributed by atoms with E-state index in [2.05, 4.69) is 24.4 Å². The lowest BCUT2D eigenvalue weighted by molar-refractivity contribution is -0.120. The summed E-state index contributed by atoms with van der Waals surface area (Å²) in [4.78, 5) is 13.5. The van der Waals surface area contributed by atoms with Gasteiger partial charge in [-0.1, -0.05) is 23.8 Å². The summed E-state index contributed by atoms with van der Waals surface area (Å²) in [5.74, 6) is 1.88. The van der Waals surface area contributed by atoms with Crippen LogP contribution in [-0.4, -0.2) is 24.9 Å². The van der Waals surface area contributed by atoms with E-state index in [0.29, 0.717) is 19.0 Å². The molecule has 0 saturated carbocycles. The maximum Gasteiger partial charge on any atom is 0.231 e. The lowest BCUT2D eigenvalue weighted by Gasteiger charge is -2.28. The van der Waals surface area contributed by atoms with Gasteiger partial charge in [0.05, 0.1) is 11.3 Å². The van der Waals surface area contributed by atoms with Crippen molar-refractivity contribution in [2.75, 3.05) is 19.0 Å². The number of rotatable bonds is 5. The van der Waals surface area contributed by atoms with Gasteiger partial charge >= 0.3 is 0 Å². The molecule has 3 rings (SSSR count). The van der Waals surface area contributed by atoms with Gasteiger partial charge in [-0.05, 0) is 50.6 Å². The fraction of sp³-hybridized carbons (Fsp3) is 0.350. The van der Waals surface area contributed by atoms with Gasteiger partial charge in [-0.25, -0.2) is 0 Å². The molecule has 0 atom stereocenters. The van der Waals surface area contributed by atoms with Crippen LogP contribution in [0.15, 0.2) is 47.4 Å². The van der Waals surface area contributed by atoms with Crippen LogP contribution in [0.5, 0.6) is 11.5 Å². The zero-order valence-electron chi connectivity index (χ0n) is 14.8. The van der Waals surface area contributed by atoms with E-state index in [1.807, 2.05) is 44.2 Å². The minimum atomic E-state index is -0.485. The highest BCUT2D eigenvalue weighted by Crippen LogP contribution is 2.34. The summed E-state index contributed by atoms with van der Waals surface area (Å²) < 4.78 is 11.2. The van der Waals surface area contributed by atoms with Crippen molar-refractivity contribution in [2.45, 2.75) is 31.2 Å². The Morgan fingerprint density at radius 2 is 1.76 bits per heavy atom. The molecule has 1 aliphatic heterocycles. The van der Waals surface area contributed by atoms with Crippen LogP contribution < -0.4 is 14.8 Å². The van der Waals surface area contributed by atoms with Crippen LogP contribution in [-0.2, 0) is 10.3 Å². The molecule has 0 spiro atoms. The standard InChI is InChI=1S/C20H23NO3S/c1-14-4-7-16(8-5-14)25-13-19(22)21-20(2,3)15-6-9-17-18(12-15)24-11-10-23-17/h4-9,12H,10-11,13H2,1-3H3,(H,21,22). The van der Waals surface area contributed by atoms with Crippen molar-refractivity contribution in [2.24, 2.45) is 0 Å². The van der Waals surface area contributed by atoms with Crippen molar-refractivity contribution in [1.29, 1.82) is 0 Å². The number of nitrogens with one attached hydrogen (secondary N) is 1. The number of thioether (sulfide) groups is 1. The Hall–Kier alpha value is -2.14. The Bertz CT molecular complexity index is 756. The number of amides is 1. The molecule has 0 bridgehead atoms. The van der Waals surface area contributed by atoms with E-state index in [1.165, 1.54) is 17.3 Å².